The molecule has 0 nitrogen and oxygen atoms in total. The van der Waals surface area contributed by atoms with Crippen molar-refractivity contribution in [3.05, 3.63) is 0 Å². The van der Waals surface area contributed by atoms with Crippen molar-refractivity contribution in [2.45, 2.75) is 0 Å². The SMILES string of the molecule is [Cu].[GaH3].[InH3].[NaH].[Se]=S=[Se]. The molecule has 1 radical (unpaired) electrons. The van der Waals surface area contributed by atoms with Gasteiger partial charge < -0.3 is 0 Å². The molecule has 0 rings (SSSR count). The Balaban J connectivity index is -0.00000000333. The predicted octanol–water partition coefficient (Wildman–Crippen LogP) is -3.13. The summed E-state index contributed by atoms with van der Waals surface area (Å²) in [6.45, 7) is 0. The molecule has 0 heterocycles. The van der Waals surface area contributed by atoms with E-state index in [0.29, 0.717) is 0 Å². The Kier molecular flexibility index (Phi) is 137. The van der Waals surface area contributed by atoms with Gasteiger partial charge in [-0.05, 0) is 0 Å². The van der Waals surface area contributed by atoms with E-state index < -0.39 is 0 Å². The van der Waals surface area contributed by atoms with Gasteiger partial charge in [0.1, 0.15) is 0 Å². The number of rotatable bonds is 0. The van der Waals surface area contributed by atoms with Crippen molar-refractivity contribution in [2.24, 2.45) is 0 Å². The van der Waals surface area contributed by atoms with Crippen molar-refractivity contribution in [3.8, 4) is 0 Å². The van der Waals surface area contributed by atoms with Crippen molar-refractivity contribution in [2.75, 3.05) is 0 Å². The van der Waals surface area contributed by atoms with E-state index in [0.717, 1.165) is 0 Å². The third kappa shape index (κ3) is 38.4. The topological polar surface area (TPSA) is 0 Å². The Bertz CT molecular complexity index is 38.7. The maximum atomic E-state index is 2.67. The second-order valence-electron chi connectivity index (χ2n) is 0.0680. The minimum atomic E-state index is 0. The summed E-state index contributed by atoms with van der Waals surface area (Å²) < 4.78 is 0. The van der Waals surface area contributed by atoms with E-state index in [1.54, 1.807) is 0 Å². The molecule has 0 unspecified atom stereocenters. The van der Waals surface area contributed by atoms with Gasteiger partial charge in [0, 0.05) is 17.1 Å². The van der Waals surface area contributed by atoms with Crippen LogP contribution in [0.4, 0.5) is 0 Å². The normalized spacial score (nSPS) is 1.71. The molecule has 7 heteroatoms. The second kappa shape index (κ2) is 31.7. The summed E-state index contributed by atoms with van der Waals surface area (Å²) >= 11 is 5.33. The molecule has 0 N–H and O–H groups in total. The molecule has 0 atom stereocenters. The van der Waals surface area contributed by atoms with Crippen LogP contribution in [0.2, 0.25) is 0 Å². The van der Waals surface area contributed by atoms with E-state index in [1.807, 2.05) is 0 Å². The van der Waals surface area contributed by atoms with E-state index in [1.165, 1.54) is 7.61 Å². The van der Waals surface area contributed by atoms with E-state index >= 15 is 0 Å². The van der Waals surface area contributed by atoms with Crippen molar-refractivity contribution in [3.63, 3.8) is 0 Å². The zero-order valence-corrected chi connectivity index (χ0v) is 6.71. The van der Waals surface area contributed by atoms with Gasteiger partial charge >= 0.3 is 112 Å². The van der Waals surface area contributed by atoms with Gasteiger partial charge in [0.15, 0.2) is 0 Å². The molecular formula is H7CuGaInNaSSe2. The Hall–Kier alpha value is 4.28. The summed E-state index contributed by atoms with van der Waals surface area (Å²) in [5.41, 5.74) is 0. The van der Waals surface area contributed by atoms with Crippen LogP contribution < -0.4 is 0 Å². The molecule has 0 fully saturated rings. The molecule has 0 saturated heterocycles. The first-order chi connectivity index (χ1) is 1.41. The Morgan fingerprint density at radius 1 is 1.14 bits per heavy atom. The van der Waals surface area contributed by atoms with Gasteiger partial charge in [-0.1, -0.05) is 0 Å². The molecular weight excluding hydrogens is 461 g/mol. The van der Waals surface area contributed by atoms with Crippen LogP contribution in [0.3, 0.4) is 0 Å². The van der Waals surface area contributed by atoms with E-state index in [9.17, 15) is 0 Å². The Morgan fingerprint density at radius 3 is 1.14 bits per heavy atom. The van der Waals surface area contributed by atoms with E-state index in [4.69, 9.17) is 0 Å². The first-order valence-electron chi connectivity index (χ1n) is 0.333. The molecule has 0 aromatic heterocycles. The average Bonchev–Trinajstić information content (AvgIpc) is 0.918. The number of hydrogen-bond acceptors (Lipinski definition) is 0. The summed E-state index contributed by atoms with van der Waals surface area (Å²) in [7, 11) is 1.50. The summed E-state index contributed by atoms with van der Waals surface area (Å²) in [6.07, 6.45) is 0. The van der Waals surface area contributed by atoms with Crippen LogP contribution in [0, 0.1) is 0 Å². The molecule has 7 heavy (non-hydrogen) atoms. The van der Waals surface area contributed by atoms with Gasteiger partial charge in [-0.25, -0.2) is 0 Å². The molecule has 0 amide bonds. The maximum absolute atomic E-state index is 2.67. The van der Waals surface area contributed by atoms with Crippen LogP contribution in [0.25, 0.3) is 0 Å². The number of hydrogen-bond donors (Lipinski definition) is 0. The van der Waals surface area contributed by atoms with Gasteiger partial charge in [0.25, 0.3) is 0 Å². The van der Waals surface area contributed by atoms with Gasteiger partial charge in [-0.3, -0.25) is 0 Å². The van der Waals surface area contributed by atoms with Crippen LogP contribution in [0.5, 0.6) is 0 Å². The fourth-order valence-corrected chi connectivity index (χ4v) is 0. The molecule has 0 aromatic carbocycles. The van der Waals surface area contributed by atoms with Gasteiger partial charge in [-0.15, -0.1) is 0 Å². The van der Waals surface area contributed by atoms with Crippen LogP contribution in [0.15, 0.2) is 0 Å². The quantitative estimate of drug-likeness (QED) is 0.330. The van der Waals surface area contributed by atoms with Crippen LogP contribution in [-0.4, -0.2) is 104 Å². The van der Waals surface area contributed by atoms with Crippen LogP contribution in [-0.2, 0) is 17.1 Å². The third-order valence-electron chi connectivity index (χ3n) is 0. The molecule has 0 aliphatic heterocycles. The first-order valence-corrected chi connectivity index (χ1v) is 5.20. The zero-order valence-electron chi connectivity index (χ0n) is 1.53. The Labute approximate surface area is 126 Å². The zero-order chi connectivity index (χ0) is 2.71. The fraction of sp³-hybridized carbons (Fsp3) is 0. The standard InChI is InChI=1S/Cu.Ga.In.Na.SSe2.7H/c;;;;2-1-3;;;;;;;. The molecule has 0 aromatic rings. The van der Waals surface area contributed by atoms with Crippen molar-refractivity contribution >= 4 is 112 Å². The summed E-state index contributed by atoms with van der Waals surface area (Å²) in [6, 6.07) is 0. The van der Waals surface area contributed by atoms with Crippen molar-refractivity contribution in [1.82, 2.24) is 0 Å². The first kappa shape index (κ1) is 30.2. The van der Waals surface area contributed by atoms with Gasteiger partial charge in [0.05, 0.1) is 0 Å². The Morgan fingerprint density at radius 2 is 1.14 bits per heavy atom. The molecule has 43 valence electrons. The second-order valence-corrected chi connectivity index (χ2v) is 5.51. The summed E-state index contributed by atoms with van der Waals surface area (Å²) in [4.78, 5) is 0. The van der Waals surface area contributed by atoms with E-state index in [-0.39, 0.29) is 92.3 Å². The van der Waals surface area contributed by atoms with Crippen molar-refractivity contribution in [1.29, 1.82) is 0 Å². The van der Waals surface area contributed by atoms with Gasteiger partial charge in [0.2, 0.25) is 0 Å². The predicted molar refractivity (Wildman–Crippen MR) is 46.1 cm³/mol. The summed E-state index contributed by atoms with van der Waals surface area (Å²) in [5, 5.41) is 0. The minimum absolute atomic E-state index is 0. The average molecular weight is 468 g/mol. The monoisotopic (exact) mass is 469 g/mol. The van der Waals surface area contributed by atoms with Gasteiger partial charge in [-0.2, -0.15) is 0 Å². The molecule has 0 bridgehead atoms. The molecule has 0 aliphatic carbocycles. The van der Waals surface area contributed by atoms with Crippen LogP contribution >= 0.6 is 7.61 Å². The van der Waals surface area contributed by atoms with Crippen molar-refractivity contribution < 1.29 is 17.1 Å². The van der Waals surface area contributed by atoms with E-state index in [2.05, 4.69) is 28.8 Å². The molecule has 0 spiro atoms. The third-order valence-corrected chi connectivity index (χ3v) is 0. The molecule has 0 aliphatic rings. The fourth-order valence-electron chi connectivity index (χ4n) is 0. The molecule has 0 saturated carbocycles. The summed E-state index contributed by atoms with van der Waals surface area (Å²) in [5.74, 6) is 0. The van der Waals surface area contributed by atoms with Crippen LogP contribution in [0.1, 0.15) is 0 Å².